The number of anilines is 1. The molecule has 0 aromatic heterocycles. The molecule has 0 unspecified atom stereocenters. The molecule has 0 saturated carbocycles. The van der Waals surface area contributed by atoms with Crippen molar-refractivity contribution in [3.63, 3.8) is 0 Å². The van der Waals surface area contributed by atoms with E-state index < -0.39 is 39.3 Å². The van der Waals surface area contributed by atoms with Gasteiger partial charge in [-0.2, -0.15) is 8.42 Å². The fourth-order valence-corrected chi connectivity index (χ4v) is 2.51. The van der Waals surface area contributed by atoms with E-state index in [1.807, 2.05) is 0 Å². The van der Waals surface area contributed by atoms with Crippen molar-refractivity contribution in [1.29, 1.82) is 0 Å². The fraction of sp³-hybridized carbons (Fsp3) is 0.250. The maximum atomic E-state index is 12.1. The Hall–Kier alpha value is -2.26. The largest absolute Gasteiger partial charge is 0.338 e. The van der Waals surface area contributed by atoms with Crippen LogP contribution >= 0.6 is 0 Å². The Balaban J connectivity index is 2.48. The summed E-state index contributed by atoms with van der Waals surface area (Å²) < 4.78 is 31.2. The van der Waals surface area contributed by atoms with E-state index in [0.29, 0.717) is 0 Å². The number of carbonyl (C=O) groups is 3. The van der Waals surface area contributed by atoms with Crippen LogP contribution < -0.4 is 4.90 Å². The summed E-state index contributed by atoms with van der Waals surface area (Å²) in [5, 5.41) is 0. The number of hydrogen-bond acceptors (Lipinski definition) is 5. The average Bonchev–Trinajstić information content (AvgIpc) is 2.38. The molecule has 0 bridgehead atoms. The number of barbiturate groups is 1. The van der Waals surface area contributed by atoms with Crippen molar-refractivity contribution in [2.45, 2.75) is 18.2 Å². The molecular formula is C12H12N2O6S. The summed E-state index contributed by atoms with van der Waals surface area (Å²) in [5.74, 6) is -1.35. The lowest BCUT2D eigenvalue weighted by atomic mass is 10.2. The standard InChI is InChI=1S/C12H12N2O6S/c1-2-13-10(15)7-11(16)14(12(13)17)8-4-3-5-9(6-8)21(18,19)20/h3-6H,2,7H2,1H3,(H,18,19,20). The predicted octanol–water partition coefficient (Wildman–Crippen LogP) is 0.639. The zero-order valence-electron chi connectivity index (χ0n) is 11.0. The van der Waals surface area contributed by atoms with Crippen LogP contribution in [0.15, 0.2) is 29.2 Å². The van der Waals surface area contributed by atoms with Gasteiger partial charge < -0.3 is 0 Å². The average molecular weight is 312 g/mol. The summed E-state index contributed by atoms with van der Waals surface area (Å²) in [5.41, 5.74) is -0.0222. The molecule has 2 rings (SSSR count). The molecule has 1 aliphatic rings. The Bertz CT molecular complexity index is 727. The Kier molecular flexibility index (Phi) is 3.79. The summed E-state index contributed by atoms with van der Waals surface area (Å²) in [6.45, 7) is 1.68. The first-order valence-electron chi connectivity index (χ1n) is 6.00. The molecule has 21 heavy (non-hydrogen) atoms. The van der Waals surface area contributed by atoms with E-state index in [9.17, 15) is 22.8 Å². The molecule has 0 aliphatic carbocycles. The van der Waals surface area contributed by atoms with Crippen molar-refractivity contribution < 1.29 is 27.4 Å². The van der Waals surface area contributed by atoms with Gasteiger partial charge in [0.2, 0.25) is 11.8 Å². The molecule has 0 atom stereocenters. The summed E-state index contributed by atoms with van der Waals surface area (Å²) in [7, 11) is -4.46. The lowest BCUT2D eigenvalue weighted by molar-refractivity contribution is -0.134. The number of imide groups is 2. The van der Waals surface area contributed by atoms with Crippen molar-refractivity contribution in [1.82, 2.24) is 4.90 Å². The van der Waals surface area contributed by atoms with Gasteiger partial charge in [0, 0.05) is 6.54 Å². The third-order valence-electron chi connectivity index (χ3n) is 2.97. The van der Waals surface area contributed by atoms with Gasteiger partial charge >= 0.3 is 6.03 Å². The quantitative estimate of drug-likeness (QED) is 0.647. The minimum Gasteiger partial charge on any atom is -0.282 e. The second-order valence-corrected chi connectivity index (χ2v) is 5.72. The zero-order valence-corrected chi connectivity index (χ0v) is 11.8. The van der Waals surface area contributed by atoms with Crippen molar-refractivity contribution >= 4 is 33.7 Å². The highest BCUT2D eigenvalue weighted by molar-refractivity contribution is 7.85. The van der Waals surface area contributed by atoms with E-state index in [4.69, 9.17) is 4.55 Å². The highest BCUT2D eigenvalue weighted by atomic mass is 32.2. The molecule has 1 fully saturated rings. The van der Waals surface area contributed by atoms with E-state index in [-0.39, 0.29) is 12.2 Å². The molecule has 1 N–H and O–H groups in total. The van der Waals surface area contributed by atoms with E-state index in [2.05, 4.69) is 0 Å². The van der Waals surface area contributed by atoms with Gasteiger partial charge in [0.1, 0.15) is 6.42 Å². The lowest BCUT2D eigenvalue weighted by Gasteiger charge is -2.32. The Labute approximate surface area is 120 Å². The first kappa shape index (κ1) is 15.1. The third-order valence-corrected chi connectivity index (χ3v) is 3.81. The summed E-state index contributed by atoms with van der Waals surface area (Å²) >= 11 is 0. The van der Waals surface area contributed by atoms with E-state index >= 15 is 0 Å². The maximum Gasteiger partial charge on any atom is 0.338 e. The van der Waals surface area contributed by atoms with Crippen molar-refractivity contribution in [3.05, 3.63) is 24.3 Å². The van der Waals surface area contributed by atoms with Crippen LogP contribution in [-0.4, -0.2) is 42.3 Å². The maximum absolute atomic E-state index is 12.1. The highest BCUT2D eigenvalue weighted by Gasteiger charge is 2.38. The highest BCUT2D eigenvalue weighted by Crippen LogP contribution is 2.24. The Morgan fingerprint density at radius 2 is 1.86 bits per heavy atom. The molecule has 1 saturated heterocycles. The first-order chi connectivity index (χ1) is 9.75. The number of urea groups is 1. The minimum absolute atomic E-state index is 0.0222. The molecule has 0 radical (unpaired) electrons. The fourth-order valence-electron chi connectivity index (χ4n) is 1.99. The molecule has 112 valence electrons. The summed E-state index contributed by atoms with van der Waals surface area (Å²) in [4.78, 5) is 36.8. The molecule has 0 spiro atoms. The normalized spacial score (nSPS) is 16.6. The topological polar surface area (TPSA) is 112 Å². The summed E-state index contributed by atoms with van der Waals surface area (Å²) in [6.07, 6.45) is -0.477. The van der Waals surface area contributed by atoms with E-state index in [0.717, 1.165) is 21.9 Å². The van der Waals surface area contributed by atoms with Crippen LogP contribution in [0, 0.1) is 0 Å². The van der Waals surface area contributed by atoms with Crippen molar-refractivity contribution in [2.75, 3.05) is 11.4 Å². The predicted molar refractivity (Wildman–Crippen MR) is 71.1 cm³/mol. The number of rotatable bonds is 3. The number of benzene rings is 1. The molecule has 9 heteroatoms. The van der Waals surface area contributed by atoms with Crippen LogP contribution in [0.4, 0.5) is 10.5 Å². The second-order valence-electron chi connectivity index (χ2n) is 4.30. The van der Waals surface area contributed by atoms with Crippen LogP contribution in [0.2, 0.25) is 0 Å². The van der Waals surface area contributed by atoms with E-state index in [1.165, 1.54) is 12.1 Å². The smallest absolute Gasteiger partial charge is 0.282 e. The molecule has 1 aliphatic heterocycles. The van der Waals surface area contributed by atoms with Gasteiger partial charge in [-0.05, 0) is 25.1 Å². The van der Waals surface area contributed by atoms with Crippen LogP contribution in [-0.2, 0) is 19.7 Å². The van der Waals surface area contributed by atoms with Crippen LogP contribution in [0.25, 0.3) is 0 Å². The lowest BCUT2D eigenvalue weighted by Crippen LogP contribution is -2.55. The van der Waals surface area contributed by atoms with Crippen molar-refractivity contribution in [2.24, 2.45) is 0 Å². The molecule has 1 aromatic carbocycles. The van der Waals surface area contributed by atoms with Crippen LogP contribution in [0.5, 0.6) is 0 Å². The molecule has 4 amide bonds. The minimum atomic E-state index is -4.46. The van der Waals surface area contributed by atoms with Gasteiger partial charge in [-0.15, -0.1) is 0 Å². The van der Waals surface area contributed by atoms with Gasteiger partial charge in [0.15, 0.2) is 0 Å². The Morgan fingerprint density at radius 1 is 1.19 bits per heavy atom. The number of amides is 4. The summed E-state index contributed by atoms with van der Waals surface area (Å²) in [6, 6.07) is 3.90. The van der Waals surface area contributed by atoms with Crippen LogP contribution in [0.3, 0.4) is 0 Å². The second kappa shape index (κ2) is 5.26. The molecular weight excluding hydrogens is 300 g/mol. The number of nitrogens with zero attached hydrogens (tertiary/aromatic N) is 2. The molecule has 1 heterocycles. The third kappa shape index (κ3) is 2.78. The van der Waals surface area contributed by atoms with Gasteiger partial charge in [0.05, 0.1) is 10.6 Å². The molecule has 1 aromatic rings. The monoisotopic (exact) mass is 312 g/mol. The number of hydrogen-bond donors (Lipinski definition) is 1. The van der Waals surface area contributed by atoms with Gasteiger partial charge in [-0.25, -0.2) is 9.69 Å². The van der Waals surface area contributed by atoms with Gasteiger partial charge in [-0.1, -0.05) is 6.07 Å². The van der Waals surface area contributed by atoms with Crippen molar-refractivity contribution in [3.8, 4) is 0 Å². The van der Waals surface area contributed by atoms with Crippen LogP contribution in [0.1, 0.15) is 13.3 Å². The first-order valence-corrected chi connectivity index (χ1v) is 7.44. The van der Waals surface area contributed by atoms with Gasteiger partial charge in [-0.3, -0.25) is 19.0 Å². The SMILES string of the molecule is CCN1C(=O)CC(=O)N(c2cccc(S(=O)(=O)O)c2)C1=O. The van der Waals surface area contributed by atoms with E-state index in [1.54, 1.807) is 6.92 Å². The zero-order chi connectivity index (χ0) is 15.8. The van der Waals surface area contributed by atoms with Gasteiger partial charge in [0.25, 0.3) is 10.1 Å². The Morgan fingerprint density at radius 3 is 2.43 bits per heavy atom. The number of carbonyl (C=O) groups excluding carboxylic acids is 3. The molecule has 8 nitrogen and oxygen atoms in total.